The van der Waals surface area contributed by atoms with E-state index in [0.717, 1.165) is 0 Å². The van der Waals surface area contributed by atoms with E-state index in [4.69, 9.17) is 19.7 Å². The number of rotatable bonds is 3. The molecule has 0 aliphatic carbocycles. The Bertz CT molecular complexity index is 136. The van der Waals surface area contributed by atoms with Crippen LogP contribution >= 0.6 is 0 Å². The van der Waals surface area contributed by atoms with Crippen molar-refractivity contribution in [1.82, 2.24) is 0 Å². The Hall–Kier alpha value is -0.160. The molecule has 0 amide bonds. The molecule has 4 nitrogen and oxygen atoms in total. The van der Waals surface area contributed by atoms with Crippen molar-refractivity contribution in [3.63, 3.8) is 0 Å². The molecule has 0 saturated carbocycles. The summed E-state index contributed by atoms with van der Waals surface area (Å²) in [7, 11) is 0. The molecule has 1 rings (SSSR count). The van der Waals surface area contributed by atoms with Crippen LogP contribution in [0.1, 0.15) is 20.3 Å². The van der Waals surface area contributed by atoms with Gasteiger partial charge in [-0.1, -0.05) is 6.92 Å². The molecule has 0 radical (unpaired) electrons. The highest BCUT2D eigenvalue weighted by Crippen LogP contribution is 2.30. The molecule has 0 unspecified atom stereocenters. The zero-order valence-electron chi connectivity index (χ0n) is 7.49. The Balaban J connectivity index is 2.58. The molecule has 0 spiro atoms. The lowest BCUT2D eigenvalue weighted by atomic mass is 10.2. The van der Waals surface area contributed by atoms with Crippen LogP contribution in [0, 0.1) is 0 Å². The van der Waals surface area contributed by atoms with E-state index in [2.05, 4.69) is 0 Å². The quantitative estimate of drug-likeness (QED) is 0.629. The van der Waals surface area contributed by atoms with Crippen molar-refractivity contribution in [2.24, 2.45) is 0 Å². The number of aliphatic hydroxyl groups excluding tert-OH is 2. The van der Waals surface area contributed by atoms with Gasteiger partial charge in [-0.05, 0) is 13.3 Å². The largest absolute Gasteiger partial charge is 0.394 e. The molecule has 0 aromatic rings. The summed E-state index contributed by atoms with van der Waals surface area (Å²) in [6.45, 7) is 3.53. The summed E-state index contributed by atoms with van der Waals surface area (Å²) >= 11 is 0. The first-order valence-electron chi connectivity index (χ1n) is 4.22. The molecule has 0 aromatic carbocycles. The molecule has 1 saturated heterocycles. The molecule has 2 N–H and O–H groups in total. The van der Waals surface area contributed by atoms with Gasteiger partial charge in [0, 0.05) is 0 Å². The third-order valence-electron chi connectivity index (χ3n) is 2.22. The lowest BCUT2D eigenvalue weighted by Crippen LogP contribution is -2.29. The maximum Gasteiger partial charge on any atom is 0.166 e. The van der Waals surface area contributed by atoms with Crippen molar-refractivity contribution in [3.8, 4) is 0 Å². The Labute approximate surface area is 72.1 Å². The molecular weight excluding hydrogens is 160 g/mol. The summed E-state index contributed by atoms with van der Waals surface area (Å²) in [5.41, 5.74) is 0. The van der Waals surface area contributed by atoms with Crippen LogP contribution in [-0.4, -0.2) is 41.4 Å². The van der Waals surface area contributed by atoms with Crippen molar-refractivity contribution in [1.29, 1.82) is 0 Å². The lowest BCUT2D eigenvalue weighted by Gasteiger charge is -2.20. The van der Waals surface area contributed by atoms with Crippen LogP contribution < -0.4 is 0 Å². The third kappa shape index (κ3) is 1.77. The minimum Gasteiger partial charge on any atom is -0.394 e. The van der Waals surface area contributed by atoms with Crippen molar-refractivity contribution >= 4 is 0 Å². The second-order valence-corrected chi connectivity index (χ2v) is 3.17. The smallest absolute Gasteiger partial charge is 0.166 e. The highest BCUT2D eigenvalue weighted by atomic mass is 16.8. The highest BCUT2D eigenvalue weighted by molar-refractivity contribution is 4.81. The van der Waals surface area contributed by atoms with Crippen molar-refractivity contribution in [3.05, 3.63) is 0 Å². The van der Waals surface area contributed by atoms with Crippen molar-refractivity contribution in [2.75, 3.05) is 13.2 Å². The van der Waals surface area contributed by atoms with E-state index in [0.29, 0.717) is 6.42 Å². The van der Waals surface area contributed by atoms with Gasteiger partial charge in [0.1, 0.15) is 12.2 Å². The van der Waals surface area contributed by atoms with Gasteiger partial charge in [0.2, 0.25) is 0 Å². The Morgan fingerprint density at radius 3 is 1.83 bits per heavy atom. The van der Waals surface area contributed by atoms with Crippen LogP contribution in [0.2, 0.25) is 0 Å². The normalized spacial score (nSPS) is 34.0. The fourth-order valence-electron chi connectivity index (χ4n) is 1.30. The molecule has 1 fully saturated rings. The van der Waals surface area contributed by atoms with E-state index in [9.17, 15) is 0 Å². The first kappa shape index (κ1) is 9.92. The van der Waals surface area contributed by atoms with Crippen LogP contribution in [-0.2, 0) is 9.47 Å². The third-order valence-corrected chi connectivity index (χ3v) is 2.22. The summed E-state index contributed by atoms with van der Waals surface area (Å²) < 4.78 is 10.8. The van der Waals surface area contributed by atoms with Gasteiger partial charge in [0.05, 0.1) is 13.2 Å². The molecule has 4 heteroatoms. The van der Waals surface area contributed by atoms with E-state index in [-0.39, 0.29) is 25.4 Å². The number of hydrogen-bond donors (Lipinski definition) is 2. The molecule has 1 aliphatic heterocycles. The summed E-state index contributed by atoms with van der Waals surface area (Å²) in [6.07, 6.45) is -0.0695. The van der Waals surface area contributed by atoms with Gasteiger partial charge in [-0.25, -0.2) is 0 Å². The minimum absolute atomic E-state index is 0.110. The Kier molecular flexibility index (Phi) is 3.06. The average molecular weight is 176 g/mol. The number of aliphatic hydroxyl groups is 2. The molecule has 1 heterocycles. The zero-order valence-corrected chi connectivity index (χ0v) is 7.49. The summed E-state index contributed by atoms with van der Waals surface area (Å²) in [5, 5.41) is 17.8. The van der Waals surface area contributed by atoms with Gasteiger partial charge in [0.15, 0.2) is 5.79 Å². The van der Waals surface area contributed by atoms with E-state index in [1.165, 1.54) is 0 Å². The second kappa shape index (κ2) is 3.70. The van der Waals surface area contributed by atoms with Crippen molar-refractivity contribution in [2.45, 2.75) is 38.3 Å². The first-order chi connectivity index (χ1) is 5.65. The predicted octanol–water partition coefficient (Wildman–Crippen LogP) is -0.119. The fourth-order valence-corrected chi connectivity index (χ4v) is 1.30. The highest BCUT2D eigenvalue weighted by Gasteiger charge is 2.42. The fraction of sp³-hybridized carbons (Fsp3) is 1.00. The van der Waals surface area contributed by atoms with Crippen LogP contribution in [0.4, 0.5) is 0 Å². The molecule has 12 heavy (non-hydrogen) atoms. The molecule has 0 bridgehead atoms. The Morgan fingerprint density at radius 1 is 1.17 bits per heavy atom. The van der Waals surface area contributed by atoms with E-state index in [1.54, 1.807) is 0 Å². The SMILES string of the molecule is CCC1(C)O[C@@H](CO)[C@H](CO)O1. The zero-order chi connectivity index (χ0) is 9.19. The molecule has 72 valence electrons. The summed E-state index contributed by atoms with van der Waals surface area (Å²) in [5.74, 6) is -0.638. The van der Waals surface area contributed by atoms with Gasteiger partial charge in [-0.3, -0.25) is 0 Å². The predicted molar refractivity (Wildman–Crippen MR) is 42.6 cm³/mol. The summed E-state index contributed by atoms with van der Waals surface area (Å²) in [4.78, 5) is 0. The average Bonchev–Trinajstić information content (AvgIpc) is 2.43. The first-order valence-corrected chi connectivity index (χ1v) is 4.22. The molecule has 0 aromatic heterocycles. The van der Waals surface area contributed by atoms with Gasteiger partial charge >= 0.3 is 0 Å². The minimum atomic E-state index is -0.638. The maximum atomic E-state index is 8.88. The van der Waals surface area contributed by atoms with Crippen molar-refractivity contribution < 1.29 is 19.7 Å². The standard InChI is InChI=1S/C8H16O4/c1-3-8(2)11-6(4-9)7(5-10)12-8/h6-7,9-10H,3-5H2,1-2H3/t6-,7-/m0/s1. The Morgan fingerprint density at radius 2 is 1.58 bits per heavy atom. The van der Waals surface area contributed by atoms with Crippen LogP contribution in [0.5, 0.6) is 0 Å². The molecular formula is C8H16O4. The van der Waals surface area contributed by atoms with Crippen LogP contribution in [0.15, 0.2) is 0 Å². The van der Waals surface area contributed by atoms with Gasteiger partial charge in [-0.2, -0.15) is 0 Å². The van der Waals surface area contributed by atoms with E-state index in [1.807, 2.05) is 13.8 Å². The molecule has 1 aliphatic rings. The maximum absolute atomic E-state index is 8.88. The second-order valence-electron chi connectivity index (χ2n) is 3.17. The van der Waals surface area contributed by atoms with E-state index >= 15 is 0 Å². The van der Waals surface area contributed by atoms with E-state index < -0.39 is 5.79 Å². The number of ether oxygens (including phenoxy) is 2. The van der Waals surface area contributed by atoms with Gasteiger partial charge in [0.25, 0.3) is 0 Å². The van der Waals surface area contributed by atoms with Gasteiger partial charge < -0.3 is 19.7 Å². The monoisotopic (exact) mass is 176 g/mol. The number of hydrogen-bond acceptors (Lipinski definition) is 4. The van der Waals surface area contributed by atoms with Crippen LogP contribution in [0.3, 0.4) is 0 Å². The van der Waals surface area contributed by atoms with Crippen LogP contribution in [0.25, 0.3) is 0 Å². The van der Waals surface area contributed by atoms with Gasteiger partial charge in [-0.15, -0.1) is 0 Å². The molecule has 2 atom stereocenters. The summed E-state index contributed by atoms with van der Waals surface area (Å²) in [6, 6.07) is 0. The lowest BCUT2D eigenvalue weighted by molar-refractivity contribution is -0.167. The topological polar surface area (TPSA) is 58.9 Å².